The third-order valence-electron chi connectivity index (χ3n) is 2.55. The number of likely N-dealkylation sites (N-methyl/N-ethyl adjacent to an activating group) is 1. The predicted octanol–water partition coefficient (Wildman–Crippen LogP) is 1.82. The van der Waals surface area contributed by atoms with Gasteiger partial charge in [-0.15, -0.1) is 12.6 Å². The smallest absolute Gasteiger partial charge is 0.254 e. The lowest BCUT2D eigenvalue weighted by atomic mass is 10.2. The van der Waals surface area contributed by atoms with Gasteiger partial charge in [0.25, 0.3) is 5.91 Å². The summed E-state index contributed by atoms with van der Waals surface area (Å²) in [4.78, 5) is 25.9. The monoisotopic (exact) mass is 280 g/mol. The summed E-state index contributed by atoms with van der Waals surface area (Å²) in [5, 5.41) is 2.78. The van der Waals surface area contributed by atoms with Crippen molar-refractivity contribution in [3.05, 3.63) is 29.8 Å². The molecule has 0 saturated heterocycles. The quantitative estimate of drug-likeness (QED) is 0.808. The summed E-state index contributed by atoms with van der Waals surface area (Å²) in [5.41, 5.74) is 0.553. The Morgan fingerprint density at radius 3 is 2.37 bits per heavy atom. The minimum atomic E-state index is -0.173. The lowest BCUT2D eigenvalue weighted by Gasteiger charge is -2.17. The van der Waals surface area contributed by atoms with Gasteiger partial charge in [0.1, 0.15) is 0 Å². The molecule has 1 N–H and O–H groups in total. The van der Waals surface area contributed by atoms with E-state index in [-0.39, 0.29) is 18.4 Å². The van der Waals surface area contributed by atoms with E-state index in [0.29, 0.717) is 18.0 Å². The highest BCUT2D eigenvalue weighted by Crippen LogP contribution is 2.09. The standard InChI is InChI=1S/C14H20N2O2S/c1-10(2)8-15-13(17)9-16(3)14(18)11-4-6-12(19)7-5-11/h4-7,10,19H,8-9H2,1-3H3,(H,15,17). The van der Waals surface area contributed by atoms with Crippen LogP contribution in [0.25, 0.3) is 0 Å². The second-order valence-corrected chi connectivity index (χ2v) is 5.42. The molecule has 0 saturated carbocycles. The number of nitrogens with zero attached hydrogens (tertiary/aromatic N) is 1. The van der Waals surface area contributed by atoms with Gasteiger partial charge in [0.2, 0.25) is 5.91 Å². The zero-order valence-corrected chi connectivity index (χ0v) is 12.4. The second kappa shape index (κ2) is 7.19. The minimum Gasteiger partial charge on any atom is -0.354 e. The number of carbonyl (C=O) groups excluding carboxylic acids is 2. The molecule has 0 aromatic heterocycles. The van der Waals surface area contributed by atoms with E-state index >= 15 is 0 Å². The van der Waals surface area contributed by atoms with Crippen LogP contribution in [-0.2, 0) is 4.79 Å². The van der Waals surface area contributed by atoms with Crippen LogP contribution in [0.4, 0.5) is 0 Å². The average molecular weight is 280 g/mol. The van der Waals surface area contributed by atoms with Gasteiger partial charge in [0, 0.05) is 24.1 Å². The van der Waals surface area contributed by atoms with Gasteiger partial charge in [-0.1, -0.05) is 13.8 Å². The molecule has 0 unspecified atom stereocenters. The molecule has 1 rings (SSSR count). The number of rotatable bonds is 5. The number of hydrogen-bond acceptors (Lipinski definition) is 3. The summed E-state index contributed by atoms with van der Waals surface area (Å²) in [5.74, 6) is 0.0799. The van der Waals surface area contributed by atoms with E-state index in [2.05, 4.69) is 17.9 Å². The van der Waals surface area contributed by atoms with Gasteiger partial charge in [0.05, 0.1) is 6.54 Å². The van der Waals surface area contributed by atoms with Crippen molar-refractivity contribution in [3.8, 4) is 0 Å². The predicted molar refractivity (Wildman–Crippen MR) is 78.5 cm³/mol. The number of nitrogens with one attached hydrogen (secondary N) is 1. The zero-order valence-electron chi connectivity index (χ0n) is 11.5. The van der Waals surface area contributed by atoms with E-state index in [1.165, 1.54) is 4.90 Å². The molecule has 19 heavy (non-hydrogen) atoms. The molecule has 1 aromatic rings. The molecule has 0 heterocycles. The number of carbonyl (C=O) groups is 2. The van der Waals surface area contributed by atoms with E-state index in [9.17, 15) is 9.59 Å². The topological polar surface area (TPSA) is 49.4 Å². The first kappa shape index (κ1) is 15.6. The third kappa shape index (κ3) is 5.34. The van der Waals surface area contributed by atoms with Gasteiger partial charge in [-0.25, -0.2) is 0 Å². The first-order chi connectivity index (χ1) is 8.90. The molecule has 0 atom stereocenters. The Kier molecular flexibility index (Phi) is 5.89. The van der Waals surface area contributed by atoms with Crippen molar-refractivity contribution in [2.75, 3.05) is 20.1 Å². The van der Waals surface area contributed by atoms with Crippen molar-refractivity contribution in [1.29, 1.82) is 0 Å². The molecule has 2 amide bonds. The highest BCUT2D eigenvalue weighted by atomic mass is 32.1. The van der Waals surface area contributed by atoms with Gasteiger partial charge in [0.15, 0.2) is 0 Å². The van der Waals surface area contributed by atoms with Crippen molar-refractivity contribution in [1.82, 2.24) is 10.2 Å². The molecule has 4 nitrogen and oxygen atoms in total. The molecule has 0 radical (unpaired) electrons. The van der Waals surface area contributed by atoms with Crippen molar-refractivity contribution in [2.24, 2.45) is 5.92 Å². The number of thiol groups is 1. The fraction of sp³-hybridized carbons (Fsp3) is 0.429. The largest absolute Gasteiger partial charge is 0.354 e. The summed E-state index contributed by atoms with van der Waals surface area (Å²) < 4.78 is 0. The lowest BCUT2D eigenvalue weighted by Crippen LogP contribution is -2.39. The highest BCUT2D eigenvalue weighted by molar-refractivity contribution is 7.80. The van der Waals surface area contributed by atoms with E-state index < -0.39 is 0 Å². The molecule has 1 aromatic carbocycles. The van der Waals surface area contributed by atoms with Crippen LogP contribution in [0, 0.1) is 5.92 Å². The van der Waals surface area contributed by atoms with Crippen molar-refractivity contribution in [3.63, 3.8) is 0 Å². The van der Waals surface area contributed by atoms with Crippen LogP contribution >= 0.6 is 12.6 Å². The molecule has 104 valence electrons. The Morgan fingerprint density at radius 2 is 1.84 bits per heavy atom. The first-order valence-corrected chi connectivity index (χ1v) is 6.66. The molecular formula is C14H20N2O2S. The van der Waals surface area contributed by atoms with Gasteiger partial charge in [-0.05, 0) is 30.2 Å². The normalized spacial score (nSPS) is 10.4. The summed E-state index contributed by atoms with van der Waals surface area (Å²) in [6.07, 6.45) is 0. The van der Waals surface area contributed by atoms with E-state index in [1.54, 1.807) is 31.3 Å². The molecule has 0 aliphatic carbocycles. The van der Waals surface area contributed by atoms with Crippen molar-refractivity contribution in [2.45, 2.75) is 18.7 Å². The van der Waals surface area contributed by atoms with Gasteiger partial charge in [-0.3, -0.25) is 9.59 Å². The maximum Gasteiger partial charge on any atom is 0.254 e. The Labute approximate surface area is 119 Å². The zero-order chi connectivity index (χ0) is 14.4. The Hall–Kier alpha value is -1.49. The minimum absolute atomic E-state index is 0.0637. The number of hydrogen-bond donors (Lipinski definition) is 2. The highest BCUT2D eigenvalue weighted by Gasteiger charge is 2.14. The van der Waals surface area contributed by atoms with E-state index in [0.717, 1.165) is 4.90 Å². The first-order valence-electron chi connectivity index (χ1n) is 6.21. The van der Waals surface area contributed by atoms with Crippen LogP contribution in [0.3, 0.4) is 0 Å². The maximum absolute atomic E-state index is 12.1. The summed E-state index contributed by atoms with van der Waals surface area (Å²) in [7, 11) is 1.62. The third-order valence-corrected chi connectivity index (χ3v) is 2.85. The van der Waals surface area contributed by atoms with Crippen molar-refractivity contribution < 1.29 is 9.59 Å². The molecule has 0 aliphatic heterocycles. The van der Waals surface area contributed by atoms with Crippen LogP contribution in [-0.4, -0.2) is 36.9 Å². The van der Waals surface area contributed by atoms with Gasteiger partial charge in [-0.2, -0.15) is 0 Å². The Morgan fingerprint density at radius 1 is 1.26 bits per heavy atom. The second-order valence-electron chi connectivity index (χ2n) is 4.91. The SMILES string of the molecule is CC(C)CNC(=O)CN(C)C(=O)c1ccc(S)cc1. The average Bonchev–Trinajstić information content (AvgIpc) is 2.36. The van der Waals surface area contributed by atoms with Crippen LogP contribution < -0.4 is 5.32 Å². The van der Waals surface area contributed by atoms with Gasteiger partial charge < -0.3 is 10.2 Å². The molecular weight excluding hydrogens is 260 g/mol. The summed E-state index contributed by atoms with van der Waals surface area (Å²) in [6, 6.07) is 6.91. The fourth-order valence-electron chi connectivity index (χ4n) is 1.49. The Bertz CT molecular complexity index is 443. The van der Waals surface area contributed by atoms with E-state index in [1.807, 2.05) is 13.8 Å². The number of benzene rings is 1. The molecule has 0 aliphatic rings. The van der Waals surface area contributed by atoms with E-state index in [4.69, 9.17) is 0 Å². The molecule has 5 heteroatoms. The van der Waals surface area contributed by atoms with Crippen LogP contribution in [0.1, 0.15) is 24.2 Å². The lowest BCUT2D eigenvalue weighted by molar-refractivity contribution is -0.121. The summed E-state index contributed by atoms with van der Waals surface area (Å²) in [6.45, 7) is 4.73. The van der Waals surface area contributed by atoms with Crippen LogP contribution in [0.2, 0.25) is 0 Å². The fourth-order valence-corrected chi connectivity index (χ4v) is 1.63. The van der Waals surface area contributed by atoms with Gasteiger partial charge >= 0.3 is 0 Å². The van der Waals surface area contributed by atoms with Crippen LogP contribution in [0.15, 0.2) is 29.2 Å². The molecule has 0 fully saturated rings. The molecule has 0 bridgehead atoms. The number of amides is 2. The van der Waals surface area contributed by atoms with Crippen LogP contribution in [0.5, 0.6) is 0 Å². The summed E-state index contributed by atoms with van der Waals surface area (Å²) >= 11 is 4.17. The molecule has 0 spiro atoms. The maximum atomic E-state index is 12.1. The Balaban J connectivity index is 2.53. The van der Waals surface area contributed by atoms with Crippen molar-refractivity contribution >= 4 is 24.4 Å².